The molecular formula is C31H42N2O5. The lowest BCUT2D eigenvalue weighted by molar-refractivity contribution is -0.143. The highest BCUT2D eigenvalue weighted by molar-refractivity contribution is 5.79. The number of hydrogen-bond acceptors (Lipinski definition) is 5. The zero-order chi connectivity index (χ0) is 27.9. The predicted octanol–water partition coefficient (Wildman–Crippen LogP) is 5.70. The Kier molecular flexibility index (Phi) is 12.9. The number of aromatic nitrogens is 2. The molecule has 0 radical (unpaired) electrons. The van der Waals surface area contributed by atoms with E-state index in [1.54, 1.807) is 12.4 Å². The lowest BCUT2D eigenvalue weighted by Crippen LogP contribution is -2.34. The summed E-state index contributed by atoms with van der Waals surface area (Å²) in [5.74, 6) is -1.05. The molecule has 3 N–H and O–H groups in total. The second-order valence-corrected chi connectivity index (χ2v) is 10.0. The van der Waals surface area contributed by atoms with Crippen LogP contribution in [0.25, 0.3) is 0 Å². The van der Waals surface area contributed by atoms with Crippen LogP contribution in [0.1, 0.15) is 81.1 Å². The average molecular weight is 523 g/mol. The molecule has 2 aromatic carbocycles. The molecule has 206 valence electrons. The largest absolute Gasteiger partial charge is 0.481 e. The first-order valence-electron chi connectivity index (χ1n) is 13.4. The van der Waals surface area contributed by atoms with Crippen molar-refractivity contribution < 1.29 is 24.9 Å². The highest BCUT2D eigenvalue weighted by Crippen LogP contribution is 2.25. The van der Waals surface area contributed by atoms with Crippen LogP contribution in [0.3, 0.4) is 0 Å². The number of nitrogens with zero attached hydrogens (tertiary/aromatic N) is 2. The summed E-state index contributed by atoms with van der Waals surface area (Å²) in [5.41, 5.74) is 0.289. The van der Waals surface area contributed by atoms with E-state index >= 15 is 0 Å². The Balaban J connectivity index is 0.000000273. The summed E-state index contributed by atoms with van der Waals surface area (Å²) in [4.78, 5) is 26.8. The van der Waals surface area contributed by atoms with E-state index in [-0.39, 0.29) is 18.7 Å². The summed E-state index contributed by atoms with van der Waals surface area (Å²) in [5, 5.41) is 29.9. The molecule has 0 aliphatic carbocycles. The van der Waals surface area contributed by atoms with E-state index in [0.29, 0.717) is 32.1 Å². The molecule has 7 heteroatoms. The number of aliphatic hydroxyl groups is 2. The van der Waals surface area contributed by atoms with Crippen LogP contribution in [0, 0.1) is 0 Å². The Bertz CT molecular complexity index is 1070. The van der Waals surface area contributed by atoms with Gasteiger partial charge >= 0.3 is 5.97 Å². The molecule has 0 bridgehead atoms. The van der Waals surface area contributed by atoms with Gasteiger partial charge in [-0.2, -0.15) is 0 Å². The van der Waals surface area contributed by atoms with Crippen LogP contribution in [-0.4, -0.2) is 47.9 Å². The van der Waals surface area contributed by atoms with Crippen molar-refractivity contribution >= 4 is 11.9 Å². The standard InChI is InChI=1S/C17H22N2O2.C14H20O3/c1-2-9-17(21,10-8-15-6-4-3-5-7-15)13-16(20)19-12-11-18-14-19;1-2-9-14(17,11-13(15)16)10-8-12-6-4-3-5-7-12/h3-7,11-12,14,21H,2,8-10,13H2,1H3;3-7,17H,2,8-11H2,1H3,(H,15,16)/t17-;14-/m11/s1. The quantitative estimate of drug-likeness (QED) is 0.250. The third kappa shape index (κ3) is 11.4. The van der Waals surface area contributed by atoms with E-state index in [1.165, 1.54) is 16.5 Å². The first-order chi connectivity index (χ1) is 18.2. The van der Waals surface area contributed by atoms with Gasteiger partial charge in [-0.25, -0.2) is 4.98 Å². The number of carbonyl (C=O) groups excluding carboxylic acids is 1. The fourth-order valence-electron chi connectivity index (χ4n) is 4.64. The van der Waals surface area contributed by atoms with Crippen LogP contribution in [0.5, 0.6) is 0 Å². The smallest absolute Gasteiger partial charge is 0.306 e. The van der Waals surface area contributed by atoms with Gasteiger partial charge < -0.3 is 15.3 Å². The molecule has 1 heterocycles. The Morgan fingerprint density at radius 2 is 1.24 bits per heavy atom. The van der Waals surface area contributed by atoms with Crippen molar-refractivity contribution in [2.45, 2.75) is 89.3 Å². The molecular weight excluding hydrogens is 480 g/mol. The third-order valence-electron chi connectivity index (χ3n) is 6.63. The van der Waals surface area contributed by atoms with Gasteiger partial charge in [0.1, 0.15) is 6.33 Å². The molecule has 0 fully saturated rings. The normalized spacial score (nSPS) is 14.0. The first-order valence-corrected chi connectivity index (χ1v) is 13.4. The molecule has 3 rings (SSSR count). The first kappa shape index (κ1) is 30.9. The number of aryl methyl sites for hydroxylation is 2. The van der Waals surface area contributed by atoms with Crippen LogP contribution >= 0.6 is 0 Å². The summed E-state index contributed by atoms with van der Waals surface area (Å²) in [7, 11) is 0. The number of rotatable bonds is 14. The van der Waals surface area contributed by atoms with Gasteiger partial charge in [0.25, 0.3) is 0 Å². The number of hydrogen-bond donors (Lipinski definition) is 3. The van der Waals surface area contributed by atoms with Gasteiger partial charge in [-0.05, 0) is 49.7 Å². The van der Waals surface area contributed by atoms with E-state index in [1.807, 2.05) is 74.5 Å². The van der Waals surface area contributed by atoms with Crippen molar-refractivity contribution in [3.8, 4) is 0 Å². The predicted molar refractivity (Wildman–Crippen MR) is 149 cm³/mol. The Morgan fingerprint density at radius 3 is 1.63 bits per heavy atom. The summed E-state index contributed by atoms with van der Waals surface area (Å²) >= 11 is 0. The zero-order valence-electron chi connectivity index (χ0n) is 22.6. The van der Waals surface area contributed by atoms with E-state index in [4.69, 9.17) is 5.11 Å². The van der Waals surface area contributed by atoms with Gasteiger partial charge in [-0.1, -0.05) is 87.4 Å². The van der Waals surface area contributed by atoms with Crippen LogP contribution in [0.4, 0.5) is 0 Å². The maximum atomic E-state index is 12.2. The van der Waals surface area contributed by atoms with E-state index in [0.717, 1.165) is 24.8 Å². The number of imidazole rings is 1. The van der Waals surface area contributed by atoms with Crippen LogP contribution in [0.15, 0.2) is 79.4 Å². The second-order valence-electron chi connectivity index (χ2n) is 10.0. The minimum atomic E-state index is -1.07. The molecule has 2 atom stereocenters. The Hall–Kier alpha value is -3.29. The highest BCUT2D eigenvalue weighted by Gasteiger charge is 2.30. The second kappa shape index (κ2) is 15.8. The van der Waals surface area contributed by atoms with E-state index in [9.17, 15) is 19.8 Å². The molecule has 1 aromatic heterocycles. The molecule has 0 aliphatic heterocycles. The monoisotopic (exact) mass is 522 g/mol. The van der Waals surface area contributed by atoms with Gasteiger partial charge in [-0.3, -0.25) is 14.2 Å². The summed E-state index contributed by atoms with van der Waals surface area (Å²) in [6.45, 7) is 3.98. The topological polar surface area (TPSA) is 113 Å². The highest BCUT2D eigenvalue weighted by atomic mass is 16.4. The minimum Gasteiger partial charge on any atom is -0.481 e. The lowest BCUT2D eigenvalue weighted by atomic mass is 9.87. The van der Waals surface area contributed by atoms with E-state index < -0.39 is 17.2 Å². The Morgan fingerprint density at radius 1 is 0.763 bits per heavy atom. The molecule has 0 spiro atoms. The zero-order valence-corrected chi connectivity index (χ0v) is 22.6. The molecule has 7 nitrogen and oxygen atoms in total. The number of benzene rings is 2. The maximum absolute atomic E-state index is 12.2. The van der Waals surface area contributed by atoms with Gasteiger partial charge in [0.15, 0.2) is 0 Å². The van der Waals surface area contributed by atoms with Crippen molar-refractivity contribution in [2.24, 2.45) is 0 Å². The minimum absolute atomic E-state index is 0.114. The number of carboxylic acids is 1. The van der Waals surface area contributed by atoms with Crippen molar-refractivity contribution in [1.29, 1.82) is 0 Å². The summed E-state index contributed by atoms with van der Waals surface area (Å²) in [6, 6.07) is 19.9. The van der Waals surface area contributed by atoms with Crippen LogP contribution < -0.4 is 0 Å². The molecule has 0 saturated heterocycles. The average Bonchev–Trinajstić information content (AvgIpc) is 3.44. The third-order valence-corrected chi connectivity index (χ3v) is 6.63. The van der Waals surface area contributed by atoms with Gasteiger partial charge in [0.05, 0.1) is 24.0 Å². The number of aliphatic carboxylic acids is 1. The SMILES string of the molecule is CCC[C@@](O)(CCc1ccccc1)CC(=O)O.CCC[C@@](O)(CCc1ccccc1)CC(=O)n1ccnc1. The maximum Gasteiger partial charge on any atom is 0.306 e. The molecule has 0 amide bonds. The fraction of sp³-hybridized carbons (Fsp3) is 0.452. The molecule has 0 saturated carbocycles. The van der Waals surface area contributed by atoms with Crippen molar-refractivity contribution in [3.63, 3.8) is 0 Å². The summed E-state index contributed by atoms with van der Waals surface area (Å²) < 4.78 is 1.43. The fourth-order valence-corrected chi connectivity index (χ4v) is 4.64. The van der Waals surface area contributed by atoms with E-state index in [2.05, 4.69) is 4.98 Å². The van der Waals surface area contributed by atoms with Crippen LogP contribution in [0.2, 0.25) is 0 Å². The van der Waals surface area contributed by atoms with Crippen molar-refractivity contribution in [3.05, 3.63) is 90.5 Å². The van der Waals surface area contributed by atoms with Crippen molar-refractivity contribution in [1.82, 2.24) is 9.55 Å². The molecule has 0 unspecified atom stereocenters. The molecule has 3 aromatic rings. The van der Waals surface area contributed by atoms with Gasteiger partial charge in [0.2, 0.25) is 5.91 Å². The summed E-state index contributed by atoms with van der Waals surface area (Å²) in [6.07, 6.45) is 9.99. The van der Waals surface area contributed by atoms with Crippen LogP contribution in [-0.2, 0) is 17.6 Å². The molecule has 0 aliphatic rings. The van der Waals surface area contributed by atoms with Gasteiger partial charge in [0, 0.05) is 12.4 Å². The number of carboxylic acid groups (broad SMARTS) is 1. The Labute approximate surface area is 226 Å². The van der Waals surface area contributed by atoms with Gasteiger partial charge in [-0.15, -0.1) is 0 Å². The lowest BCUT2D eigenvalue weighted by Gasteiger charge is -2.27. The molecule has 38 heavy (non-hydrogen) atoms. The van der Waals surface area contributed by atoms with Crippen molar-refractivity contribution in [2.75, 3.05) is 0 Å². The number of carbonyl (C=O) groups is 2.